The van der Waals surface area contributed by atoms with E-state index in [0.717, 1.165) is 5.56 Å². The van der Waals surface area contributed by atoms with Crippen molar-refractivity contribution in [2.75, 3.05) is 19.6 Å². The first-order chi connectivity index (χ1) is 11.4. The quantitative estimate of drug-likeness (QED) is 0.725. The molecule has 0 radical (unpaired) electrons. The van der Waals surface area contributed by atoms with E-state index in [1.807, 2.05) is 45.0 Å². The Hall–Kier alpha value is -1.63. The van der Waals surface area contributed by atoms with E-state index in [-0.39, 0.29) is 36.4 Å². The molecule has 0 aromatic heterocycles. The van der Waals surface area contributed by atoms with Gasteiger partial charge in [0.15, 0.2) is 0 Å². The number of carbonyl (C=O) groups excluding carboxylic acids is 2. The summed E-state index contributed by atoms with van der Waals surface area (Å²) in [7, 11) is 0. The molecule has 132 valence electrons. The molecule has 7 heteroatoms. The summed E-state index contributed by atoms with van der Waals surface area (Å²) < 4.78 is 0. The van der Waals surface area contributed by atoms with Crippen molar-refractivity contribution in [1.29, 1.82) is 0 Å². The van der Waals surface area contributed by atoms with Crippen LogP contribution < -0.4 is 16.2 Å². The minimum absolute atomic E-state index is 0.0335. The normalized spacial score (nSPS) is 20.2. The van der Waals surface area contributed by atoms with Gasteiger partial charge in [0.25, 0.3) is 0 Å². The Morgan fingerprint density at radius 1 is 1.33 bits per heavy atom. The Kier molecular flexibility index (Phi) is 6.60. The molecule has 0 aliphatic carbocycles. The molecule has 1 aliphatic rings. The van der Waals surface area contributed by atoms with Crippen LogP contribution in [-0.4, -0.2) is 42.4 Å². The molecule has 2 amide bonds. The fourth-order valence-electron chi connectivity index (χ4n) is 2.83. The number of amides is 2. The molecule has 1 fully saturated rings. The fourth-order valence-corrected chi connectivity index (χ4v) is 2.96. The molecule has 1 heterocycles. The lowest BCUT2D eigenvalue weighted by Crippen LogP contribution is -2.46. The van der Waals surface area contributed by atoms with E-state index in [1.165, 1.54) is 0 Å². The first-order valence-electron chi connectivity index (χ1n) is 8.24. The summed E-state index contributed by atoms with van der Waals surface area (Å²) in [5.74, 6) is -0.436. The van der Waals surface area contributed by atoms with Gasteiger partial charge in [-0.2, -0.15) is 0 Å². The summed E-state index contributed by atoms with van der Waals surface area (Å²) in [5.41, 5.74) is 7.19. The molecule has 3 N–H and O–H groups in total. The van der Waals surface area contributed by atoms with Crippen molar-refractivity contribution in [2.24, 2.45) is 5.92 Å². The molecule has 0 saturated carbocycles. The Bertz CT molecular complexity index is 576. The van der Waals surface area contributed by atoms with Crippen LogP contribution in [0.4, 0.5) is 0 Å². The third-order valence-electron chi connectivity index (χ3n) is 4.01. The number of hydrogen-bond acceptors (Lipinski definition) is 4. The topological polar surface area (TPSA) is 73.5 Å². The molecule has 2 atom stereocenters. The number of nitrogens with one attached hydrogen (secondary N) is 3. The van der Waals surface area contributed by atoms with Gasteiger partial charge in [0.2, 0.25) is 11.8 Å². The predicted molar refractivity (Wildman–Crippen MR) is 94.4 cm³/mol. The zero-order valence-electron chi connectivity index (χ0n) is 14.3. The molecule has 0 spiro atoms. The lowest BCUT2D eigenvalue weighted by Gasteiger charge is -2.26. The van der Waals surface area contributed by atoms with Crippen molar-refractivity contribution in [2.45, 2.75) is 32.9 Å². The van der Waals surface area contributed by atoms with Gasteiger partial charge in [-0.25, -0.2) is 5.43 Å². The second-order valence-electron chi connectivity index (χ2n) is 6.24. The van der Waals surface area contributed by atoms with Crippen LogP contribution in [-0.2, 0) is 9.59 Å². The summed E-state index contributed by atoms with van der Waals surface area (Å²) in [6.07, 6.45) is 0. The highest BCUT2D eigenvalue weighted by atomic mass is 35.5. The van der Waals surface area contributed by atoms with Gasteiger partial charge < -0.3 is 10.2 Å². The maximum absolute atomic E-state index is 12.9. The largest absolute Gasteiger partial charge is 0.352 e. The van der Waals surface area contributed by atoms with Crippen LogP contribution in [0.3, 0.4) is 0 Å². The van der Waals surface area contributed by atoms with E-state index in [0.29, 0.717) is 18.1 Å². The summed E-state index contributed by atoms with van der Waals surface area (Å²) in [4.78, 5) is 26.5. The minimum atomic E-state index is -0.266. The second-order valence-corrected chi connectivity index (χ2v) is 6.67. The molecule has 2 rings (SSSR count). The third kappa shape index (κ3) is 4.69. The molecule has 1 aliphatic heterocycles. The molecular weight excluding hydrogens is 328 g/mol. The van der Waals surface area contributed by atoms with Gasteiger partial charge in [-0.05, 0) is 38.5 Å². The Morgan fingerprint density at radius 2 is 2.00 bits per heavy atom. The smallest absolute Gasteiger partial charge is 0.239 e. The van der Waals surface area contributed by atoms with Crippen LogP contribution in [0.25, 0.3) is 0 Å². The standard InChI is InChI=1S/C17H25ClN4O2/c1-4-22(10-15(23)20-11(2)3)17(24)14-9-19-21-16(14)12-5-7-13(18)8-6-12/h5-8,11,14,16,19,21H,4,9-10H2,1-3H3,(H,20,23). The van der Waals surface area contributed by atoms with Crippen LogP contribution in [0.15, 0.2) is 24.3 Å². The number of benzene rings is 1. The second kappa shape index (κ2) is 8.46. The third-order valence-corrected chi connectivity index (χ3v) is 4.26. The Morgan fingerprint density at radius 3 is 2.58 bits per heavy atom. The number of rotatable bonds is 6. The number of nitrogens with zero attached hydrogens (tertiary/aromatic N) is 1. The maximum Gasteiger partial charge on any atom is 0.239 e. The number of hydrazine groups is 1. The van der Waals surface area contributed by atoms with E-state index in [1.54, 1.807) is 4.90 Å². The molecule has 1 saturated heterocycles. The van der Waals surface area contributed by atoms with Crippen molar-refractivity contribution < 1.29 is 9.59 Å². The van der Waals surface area contributed by atoms with Crippen molar-refractivity contribution >= 4 is 23.4 Å². The zero-order valence-corrected chi connectivity index (χ0v) is 15.1. The fraction of sp³-hybridized carbons (Fsp3) is 0.529. The number of hydrogen-bond donors (Lipinski definition) is 3. The molecule has 1 aromatic rings. The van der Waals surface area contributed by atoms with Crippen molar-refractivity contribution in [3.05, 3.63) is 34.9 Å². The molecule has 6 nitrogen and oxygen atoms in total. The number of likely N-dealkylation sites (N-methyl/N-ethyl adjacent to an activating group) is 1. The van der Waals surface area contributed by atoms with E-state index >= 15 is 0 Å². The number of carbonyl (C=O) groups is 2. The van der Waals surface area contributed by atoms with Crippen molar-refractivity contribution in [1.82, 2.24) is 21.1 Å². The molecule has 24 heavy (non-hydrogen) atoms. The number of halogens is 1. The molecule has 1 aromatic carbocycles. The zero-order chi connectivity index (χ0) is 17.7. The van der Waals surface area contributed by atoms with Gasteiger partial charge in [0.05, 0.1) is 18.5 Å². The SMILES string of the molecule is CCN(CC(=O)NC(C)C)C(=O)C1CNNC1c1ccc(Cl)cc1. The molecular formula is C17H25ClN4O2. The van der Waals surface area contributed by atoms with Crippen LogP contribution in [0.2, 0.25) is 5.02 Å². The van der Waals surface area contributed by atoms with Crippen LogP contribution in [0, 0.1) is 5.92 Å². The Labute approximate surface area is 147 Å². The van der Waals surface area contributed by atoms with Gasteiger partial charge in [0, 0.05) is 24.2 Å². The van der Waals surface area contributed by atoms with E-state index in [9.17, 15) is 9.59 Å². The van der Waals surface area contributed by atoms with E-state index in [2.05, 4.69) is 16.2 Å². The van der Waals surface area contributed by atoms with Crippen molar-refractivity contribution in [3.63, 3.8) is 0 Å². The predicted octanol–water partition coefficient (Wildman–Crippen LogP) is 1.48. The molecule has 0 bridgehead atoms. The van der Waals surface area contributed by atoms with Gasteiger partial charge in [0.1, 0.15) is 0 Å². The lowest BCUT2D eigenvalue weighted by molar-refractivity contribution is -0.139. The van der Waals surface area contributed by atoms with Crippen LogP contribution >= 0.6 is 11.6 Å². The van der Waals surface area contributed by atoms with Gasteiger partial charge >= 0.3 is 0 Å². The average molecular weight is 353 g/mol. The van der Waals surface area contributed by atoms with Gasteiger partial charge in [-0.15, -0.1) is 0 Å². The monoisotopic (exact) mass is 352 g/mol. The van der Waals surface area contributed by atoms with Gasteiger partial charge in [-0.1, -0.05) is 23.7 Å². The van der Waals surface area contributed by atoms with Crippen molar-refractivity contribution in [3.8, 4) is 0 Å². The summed E-state index contributed by atoms with van der Waals surface area (Å²) in [6.45, 7) is 6.78. The summed E-state index contributed by atoms with van der Waals surface area (Å²) in [6, 6.07) is 7.36. The Balaban J connectivity index is 2.07. The maximum atomic E-state index is 12.9. The van der Waals surface area contributed by atoms with Crippen LogP contribution in [0.5, 0.6) is 0 Å². The van der Waals surface area contributed by atoms with E-state index < -0.39 is 0 Å². The highest BCUT2D eigenvalue weighted by Crippen LogP contribution is 2.27. The minimum Gasteiger partial charge on any atom is -0.352 e. The summed E-state index contributed by atoms with van der Waals surface area (Å²) >= 11 is 5.93. The van der Waals surface area contributed by atoms with E-state index in [4.69, 9.17) is 11.6 Å². The first-order valence-corrected chi connectivity index (χ1v) is 8.62. The lowest BCUT2D eigenvalue weighted by atomic mass is 9.93. The highest BCUT2D eigenvalue weighted by molar-refractivity contribution is 6.30. The highest BCUT2D eigenvalue weighted by Gasteiger charge is 2.36. The summed E-state index contributed by atoms with van der Waals surface area (Å²) in [5, 5.41) is 3.48. The molecule has 2 unspecified atom stereocenters. The van der Waals surface area contributed by atoms with Crippen LogP contribution in [0.1, 0.15) is 32.4 Å². The first kappa shape index (κ1) is 18.7. The average Bonchev–Trinajstić information content (AvgIpc) is 3.01. The van der Waals surface area contributed by atoms with Gasteiger partial charge in [-0.3, -0.25) is 15.0 Å².